The molecule has 0 bridgehead atoms. The lowest BCUT2D eigenvalue weighted by Crippen LogP contribution is -2.12. The van der Waals surface area contributed by atoms with Crippen molar-refractivity contribution < 1.29 is 4.79 Å². The van der Waals surface area contributed by atoms with E-state index in [1.165, 1.54) is 17.8 Å². The second-order valence-electron chi connectivity index (χ2n) is 4.49. The highest BCUT2D eigenvalue weighted by Crippen LogP contribution is 2.18. The number of amides is 1. The molecule has 1 aromatic heterocycles. The Kier molecular flexibility index (Phi) is 4.58. The molecule has 0 unspecified atom stereocenters. The molecule has 2 rings (SSSR count). The number of aryl methyl sites for hydroxylation is 1. The summed E-state index contributed by atoms with van der Waals surface area (Å²) in [5.74, 6) is -0.0465. The van der Waals surface area contributed by atoms with E-state index >= 15 is 0 Å². The third-order valence-electron chi connectivity index (χ3n) is 2.88. The zero-order valence-corrected chi connectivity index (χ0v) is 11.9. The first-order chi connectivity index (χ1) is 9.60. The van der Waals surface area contributed by atoms with Gasteiger partial charge in [-0.2, -0.15) is 0 Å². The van der Waals surface area contributed by atoms with Crippen LogP contribution < -0.4 is 11.1 Å². The third kappa shape index (κ3) is 3.48. The summed E-state index contributed by atoms with van der Waals surface area (Å²) < 4.78 is 0. The van der Waals surface area contributed by atoms with Gasteiger partial charge in [-0.1, -0.05) is 37.1 Å². The van der Waals surface area contributed by atoms with Crippen molar-refractivity contribution in [3.05, 3.63) is 52.7 Å². The number of hydrogen-bond donors (Lipinski definition) is 2. The van der Waals surface area contributed by atoms with Crippen molar-refractivity contribution in [2.45, 2.75) is 19.8 Å². The normalized spacial score (nSPS) is 10.3. The number of nitrogens with one attached hydrogen (secondary N) is 1. The highest BCUT2D eigenvalue weighted by molar-refractivity contribution is 6.33. The van der Waals surface area contributed by atoms with E-state index in [1.807, 2.05) is 24.3 Å². The van der Waals surface area contributed by atoms with E-state index in [0.717, 1.165) is 18.5 Å². The van der Waals surface area contributed by atoms with Crippen molar-refractivity contribution in [1.29, 1.82) is 0 Å². The maximum atomic E-state index is 12.0. The van der Waals surface area contributed by atoms with Gasteiger partial charge in [0.2, 0.25) is 0 Å². The van der Waals surface area contributed by atoms with Crippen LogP contribution in [-0.4, -0.2) is 10.9 Å². The Hall–Kier alpha value is -2.07. The fourth-order valence-electron chi connectivity index (χ4n) is 1.82. The summed E-state index contributed by atoms with van der Waals surface area (Å²) in [6, 6.07) is 9.29. The molecule has 3 N–H and O–H groups in total. The fourth-order valence-corrected chi connectivity index (χ4v) is 1.99. The quantitative estimate of drug-likeness (QED) is 0.905. The van der Waals surface area contributed by atoms with Gasteiger partial charge in [-0.15, -0.1) is 0 Å². The number of carbonyl (C=O) groups is 1. The van der Waals surface area contributed by atoms with Gasteiger partial charge in [0.1, 0.15) is 5.82 Å². The van der Waals surface area contributed by atoms with E-state index < -0.39 is 0 Å². The predicted octanol–water partition coefficient (Wildman–Crippen LogP) is 3.52. The number of nitrogens with two attached hydrogens (primary N) is 1. The zero-order valence-electron chi connectivity index (χ0n) is 11.2. The number of aromatic nitrogens is 1. The molecule has 0 atom stereocenters. The van der Waals surface area contributed by atoms with Crippen molar-refractivity contribution in [2.24, 2.45) is 0 Å². The number of rotatable bonds is 4. The molecule has 0 fully saturated rings. The molecule has 0 aliphatic rings. The molecule has 20 heavy (non-hydrogen) atoms. The first kappa shape index (κ1) is 14.3. The Labute approximate surface area is 123 Å². The molecule has 0 spiro atoms. The van der Waals surface area contributed by atoms with Gasteiger partial charge in [0.25, 0.3) is 5.91 Å². The van der Waals surface area contributed by atoms with Crippen LogP contribution in [0, 0.1) is 0 Å². The van der Waals surface area contributed by atoms with E-state index in [-0.39, 0.29) is 16.7 Å². The highest BCUT2D eigenvalue weighted by Gasteiger charge is 2.09. The molecule has 1 amide bonds. The molecule has 0 aliphatic heterocycles. The summed E-state index contributed by atoms with van der Waals surface area (Å²) in [6.07, 6.45) is 3.54. The van der Waals surface area contributed by atoms with E-state index in [9.17, 15) is 4.79 Å². The lowest BCUT2D eigenvalue weighted by atomic mass is 10.1. The van der Waals surface area contributed by atoms with Gasteiger partial charge in [0.15, 0.2) is 0 Å². The first-order valence-electron chi connectivity index (χ1n) is 6.41. The Bertz CT molecular complexity index is 611. The summed E-state index contributed by atoms with van der Waals surface area (Å²) in [7, 11) is 0. The molecule has 0 saturated carbocycles. The van der Waals surface area contributed by atoms with Crippen LogP contribution in [0.4, 0.5) is 11.5 Å². The standard InChI is InChI=1S/C15H16ClN3O/c1-2-3-10-4-6-12(7-5-10)19-15(20)11-8-13(16)14(17)18-9-11/h4-9H,2-3H2,1H3,(H2,17,18)(H,19,20). The molecule has 2 aromatic rings. The fraction of sp³-hybridized carbons (Fsp3) is 0.200. The zero-order chi connectivity index (χ0) is 14.5. The van der Waals surface area contributed by atoms with Gasteiger partial charge in [0.05, 0.1) is 10.6 Å². The van der Waals surface area contributed by atoms with Crippen LogP contribution in [0.1, 0.15) is 29.3 Å². The Morgan fingerprint density at radius 2 is 2.05 bits per heavy atom. The van der Waals surface area contributed by atoms with Crippen molar-refractivity contribution in [2.75, 3.05) is 11.1 Å². The lowest BCUT2D eigenvalue weighted by Gasteiger charge is -2.07. The maximum Gasteiger partial charge on any atom is 0.257 e. The second kappa shape index (κ2) is 6.39. The first-order valence-corrected chi connectivity index (χ1v) is 6.79. The van der Waals surface area contributed by atoms with Crippen LogP contribution in [0.3, 0.4) is 0 Å². The summed E-state index contributed by atoms with van der Waals surface area (Å²) in [4.78, 5) is 15.9. The molecule has 5 heteroatoms. The van der Waals surface area contributed by atoms with Gasteiger partial charge < -0.3 is 11.1 Å². The van der Waals surface area contributed by atoms with Gasteiger partial charge in [-0.05, 0) is 30.2 Å². The highest BCUT2D eigenvalue weighted by atomic mass is 35.5. The predicted molar refractivity (Wildman–Crippen MR) is 82.0 cm³/mol. The Balaban J connectivity index is 2.08. The number of pyridine rings is 1. The molecule has 0 radical (unpaired) electrons. The van der Waals surface area contributed by atoms with Crippen LogP contribution in [0.2, 0.25) is 5.02 Å². The monoisotopic (exact) mass is 289 g/mol. The molecule has 4 nitrogen and oxygen atoms in total. The van der Waals surface area contributed by atoms with E-state index in [0.29, 0.717) is 5.56 Å². The topological polar surface area (TPSA) is 68.0 Å². The molecule has 0 aliphatic carbocycles. The number of nitrogens with zero attached hydrogens (tertiary/aromatic N) is 1. The Morgan fingerprint density at radius 1 is 1.35 bits per heavy atom. The van der Waals surface area contributed by atoms with Gasteiger partial charge >= 0.3 is 0 Å². The van der Waals surface area contributed by atoms with Crippen LogP contribution in [-0.2, 0) is 6.42 Å². The average molecular weight is 290 g/mol. The van der Waals surface area contributed by atoms with Crippen LogP contribution in [0.25, 0.3) is 0 Å². The molecule has 1 aromatic carbocycles. The number of benzene rings is 1. The molecular formula is C15H16ClN3O. The van der Waals surface area contributed by atoms with E-state index in [1.54, 1.807) is 0 Å². The van der Waals surface area contributed by atoms with E-state index in [2.05, 4.69) is 17.2 Å². The molecule has 0 saturated heterocycles. The van der Waals surface area contributed by atoms with Crippen LogP contribution in [0.5, 0.6) is 0 Å². The minimum atomic E-state index is -0.261. The minimum Gasteiger partial charge on any atom is -0.382 e. The summed E-state index contributed by atoms with van der Waals surface area (Å²) in [6.45, 7) is 2.13. The lowest BCUT2D eigenvalue weighted by molar-refractivity contribution is 0.102. The Morgan fingerprint density at radius 3 is 2.65 bits per heavy atom. The molecular weight excluding hydrogens is 274 g/mol. The number of hydrogen-bond acceptors (Lipinski definition) is 3. The summed E-state index contributed by atoms with van der Waals surface area (Å²) in [5.41, 5.74) is 7.88. The molecule has 104 valence electrons. The second-order valence-corrected chi connectivity index (χ2v) is 4.90. The molecule has 1 heterocycles. The van der Waals surface area contributed by atoms with Crippen LogP contribution in [0.15, 0.2) is 36.5 Å². The van der Waals surface area contributed by atoms with Crippen molar-refractivity contribution in [3.63, 3.8) is 0 Å². The number of carbonyl (C=O) groups excluding carboxylic acids is 1. The van der Waals surface area contributed by atoms with Crippen molar-refractivity contribution >= 4 is 29.0 Å². The summed E-state index contributed by atoms with van der Waals surface area (Å²) >= 11 is 5.85. The maximum absolute atomic E-state index is 12.0. The summed E-state index contributed by atoms with van der Waals surface area (Å²) in [5, 5.41) is 3.07. The largest absolute Gasteiger partial charge is 0.382 e. The van der Waals surface area contributed by atoms with Crippen molar-refractivity contribution in [1.82, 2.24) is 4.98 Å². The van der Waals surface area contributed by atoms with Gasteiger partial charge in [-0.25, -0.2) is 4.98 Å². The average Bonchev–Trinajstić information content (AvgIpc) is 2.44. The van der Waals surface area contributed by atoms with Gasteiger partial charge in [-0.3, -0.25) is 4.79 Å². The van der Waals surface area contributed by atoms with Crippen LogP contribution >= 0.6 is 11.6 Å². The number of anilines is 2. The number of nitrogen functional groups attached to an aromatic ring is 1. The van der Waals surface area contributed by atoms with Crippen molar-refractivity contribution in [3.8, 4) is 0 Å². The minimum absolute atomic E-state index is 0.215. The number of halogens is 1. The van der Waals surface area contributed by atoms with Gasteiger partial charge in [0, 0.05) is 11.9 Å². The smallest absolute Gasteiger partial charge is 0.257 e. The SMILES string of the molecule is CCCc1ccc(NC(=O)c2cnc(N)c(Cl)c2)cc1. The van der Waals surface area contributed by atoms with E-state index in [4.69, 9.17) is 17.3 Å². The third-order valence-corrected chi connectivity index (χ3v) is 3.19.